The molecular weight excluding hydrogens is 288 g/mol. The highest BCUT2D eigenvalue weighted by Crippen LogP contribution is 2.12. The summed E-state index contributed by atoms with van der Waals surface area (Å²) in [4.78, 5) is 0. The van der Waals surface area contributed by atoms with Crippen molar-refractivity contribution in [1.29, 1.82) is 0 Å². The number of benzene rings is 1. The summed E-state index contributed by atoms with van der Waals surface area (Å²) in [5.74, 6) is 1.65. The molecule has 5 heteroatoms. The van der Waals surface area contributed by atoms with Gasteiger partial charge in [-0.1, -0.05) is 24.3 Å². The van der Waals surface area contributed by atoms with Gasteiger partial charge in [0.2, 0.25) is 0 Å². The van der Waals surface area contributed by atoms with E-state index in [2.05, 4.69) is 0 Å². The van der Waals surface area contributed by atoms with E-state index >= 15 is 0 Å². The van der Waals surface area contributed by atoms with Gasteiger partial charge in [0.05, 0.1) is 7.11 Å². The molecule has 3 nitrogen and oxygen atoms in total. The Morgan fingerprint density at radius 1 is 1.44 bits per heavy atom. The second kappa shape index (κ2) is 8.24. The van der Waals surface area contributed by atoms with E-state index in [1.807, 2.05) is 36.4 Å². The third-order valence-electron chi connectivity index (χ3n) is 1.77. The molecule has 0 heterocycles. The van der Waals surface area contributed by atoms with Crippen LogP contribution >= 0.6 is 11.8 Å². The number of ether oxygens (including phenoxy) is 1. The molecule has 16 heavy (non-hydrogen) atoms. The van der Waals surface area contributed by atoms with Crippen LogP contribution in [0, 0.1) is 0 Å². The normalized spacial score (nSPS) is 9.81. The minimum atomic E-state index is 0. The maximum Gasteiger partial charge on any atom is 0.300 e. The van der Waals surface area contributed by atoms with Gasteiger partial charge >= 0.3 is 0 Å². The van der Waals surface area contributed by atoms with Crippen LogP contribution in [0.25, 0.3) is 6.08 Å². The van der Waals surface area contributed by atoms with Gasteiger partial charge in [-0.25, -0.2) is 0 Å². The van der Waals surface area contributed by atoms with Gasteiger partial charge in [-0.2, -0.15) is 0 Å². The summed E-state index contributed by atoms with van der Waals surface area (Å²) in [6.07, 6.45) is 4.04. The number of halogens is 1. The van der Waals surface area contributed by atoms with E-state index in [0.29, 0.717) is 5.17 Å². The smallest absolute Gasteiger partial charge is 0.300 e. The number of hydrogen-bond acceptors (Lipinski definition) is 2. The fourth-order valence-corrected chi connectivity index (χ4v) is 1.43. The van der Waals surface area contributed by atoms with Gasteiger partial charge in [-0.05, 0) is 29.5 Å². The summed E-state index contributed by atoms with van der Waals surface area (Å²) in [6, 6.07) is 7.84. The first-order valence-corrected chi connectivity index (χ1v) is 5.52. The molecule has 0 amide bonds. The van der Waals surface area contributed by atoms with Gasteiger partial charge in [-0.3, -0.25) is 11.1 Å². The van der Waals surface area contributed by atoms with Crippen molar-refractivity contribution >= 4 is 23.0 Å². The summed E-state index contributed by atoms with van der Waals surface area (Å²) < 4.78 is 5.06. The third kappa shape index (κ3) is 5.82. The van der Waals surface area contributed by atoms with E-state index in [1.54, 1.807) is 7.11 Å². The van der Waals surface area contributed by atoms with Gasteiger partial charge in [-0.15, -0.1) is 0 Å². The molecule has 0 aromatic heterocycles. The highest BCUT2D eigenvalue weighted by Gasteiger charge is 1.92. The maximum atomic E-state index is 5.32. The lowest BCUT2D eigenvalue weighted by Crippen LogP contribution is -3.00. The topological polar surface area (TPSA) is 60.8 Å². The maximum absolute atomic E-state index is 5.32. The first-order valence-electron chi connectivity index (χ1n) is 4.53. The second-order valence-corrected chi connectivity index (χ2v) is 3.98. The minimum Gasteiger partial charge on any atom is -1.00 e. The molecule has 0 bridgehead atoms. The Morgan fingerprint density at radius 3 is 2.56 bits per heavy atom. The van der Waals surface area contributed by atoms with E-state index in [4.69, 9.17) is 15.9 Å². The number of methoxy groups -OCH3 is 1. The zero-order valence-electron chi connectivity index (χ0n) is 9.02. The third-order valence-corrected chi connectivity index (χ3v) is 2.46. The molecule has 1 rings (SSSR count). The molecule has 0 aliphatic rings. The number of rotatable bonds is 4. The van der Waals surface area contributed by atoms with E-state index < -0.39 is 0 Å². The highest BCUT2D eigenvalue weighted by atomic mass is 79.9. The lowest BCUT2D eigenvalue weighted by atomic mass is 10.2. The summed E-state index contributed by atoms with van der Waals surface area (Å²) in [7, 11) is 1.65. The molecule has 0 radical (unpaired) electrons. The number of amidine groups is 1. The molecular formula is C11H15BrN2OS. The number of thioether (sulfide) groups is 1. The zero-order valence-corrected chi connectivity index (χ0v) is 11.4. The lowest BCUT2D eigenvalue weighted by Gasteiger charge is -1.98. The standard InChI is InChI=1S/C11H14N2OS.BrH/c1-14-10-6-4-9(5-7-10)3-2-8-15-11(12)13;/h2-7H,8H2,1H3,(H3,12,13);1H/b3-2+;. The minimum absolute atomic E-state index is 0. The van der Waals surface area contributed by atoms with Crippen LogP contribution in [0.3, 0.4) is 0 Å². The SMILES string of the molecule is COc1ccc(/C=C/CSC(N)=[NH2+])cc1.[Br-]. The summed E-state index contributed by atoms with van der Waals surface area (Å²) >= 11 is 1.42. The van der Waals surface area contributed by atoms with Gasteiger partial charge < -0.3 is 21.7 Å². The average Bonchev–Trinajstić information content (AvgIpc) is 2.25. The first kappa shape index (κ1) is 15.1. The molecule has 0 atom stereocenters. The van der Waals surface area contributed by atoms with Crippen LogP contribution in [0.5, 0.6) is 5.75 Å². The molecule has 0 fully saturated rings. The molecule has 0 aliphatic heterocycles. The quantitative estimate of drug-likeness (QED) is 0.478. The Bertz CT molecular complexity index is 352. The largest absolute Gasteiger partial charge is 1.00 e. The molecule has 0 saturated heterocycles. The van der Waals surface area contributed by atoms with Crippen molar-refractivity contribution in [1.82, 2.24) is 0 Å². The average molecular weight is 303 g/mol. The van der Waals surface area contributed by atoms with Crippen LogP contribution in [0.1, 0.15) is 5.56 Å². The summed E-state index contributed by atoms with van der Waals surface area (Å²) in [5.41, 5.74) is 6.45. The van der Waals surface area contributed by atoms with Gasteiger partial charge in [0.15, 0.2) is 0 Å². The van der Waals surface area contributed by atoms with E-state index in [-0.39, 0.29) is 17.0 Å². The van der Waals surface area contributed by atoms with E-state index in [1.165, 1.54) is 11.8 Å². The molecule has 0 aliphatic carbocycles. The van der Waals surface area contributed by atoms with Gasteiger partial charge in [0, 0.05) is 5.75 Å². The Morgan fingerprint density at radius 2 is 2.06 bits per heavy atom. The van der Waals surface area contributed by atoms with E-state index in [0.717, 1.165) is 17.1 Å². The number of hydrogen-bond donors (Lipinski definition) is 2. The van der Waals surface area contributed by atoms with Crippen LogP contribution in [-0.4, -0.2) is 18.0 Å². The Kier molecular flexibility index (Phi) is 7.76. The van der Waals surface area contributed by atoms with Crippen molar-refractivity contribution in [3.8, 4) is 5.75 Å². The zero-order chi connectivity index (χ0) is 11.1. The Balaban J connectivity index is 0.00000225. The molecule has 88 valence electrons. The lowest BCUT2D eigenvalue weighted by molar-refractivity contribution is -0.110. The highest BCUT2D eigenvalue weighted by molar-refractivity contribution is 8.13. The van der Waals surface area contributed by atoms with Crippen molar-refractivity contribution in [2.75, 3.05) is 12.9 Å². The van der Waals surface area contributed by atoms with Crippen LogP contribution in [0.2, 0.25) is 0 Å². The predicted octanol–water partition coefficient (Wildman–Crippen LogP) is -2.48. The van der Waals surface area contributed by atoms with Crippen LogP contribution in [0.15, 0.2) is 30.3 Å². The Labute approximate surface area is 110 Å². The van der Waals surface area contributed by atoms with E-state index in [9.17, 15) is 0 Å². The van der Waals surface area contributed by atoms with Crippen molar-refractivity contribution in [3.05, 3.63) is 35.9 Å². The molecule has 4 N–H and O–H groups in total. The summed E-state index contributed by atoms with van der Waals surface area (Å²) in [5, 5.41) is 5.71. The van der Waals surface area contributed by atoms with Crippen molar-refractivity contribution < 1.29 is 27.1 Å². The van der Waals surface area contributed by atoms with Gasteiger partial charge in [0.25, 0.3) is 5.17 Å². The fraction of sp³-hybridized carbons (Fsp3) is 0.182. The van der Waals surface area contributed by atoms with Crippen LogP contribution in [0.4, 0.5) is 0 Å². The fourth-order valence-electron chi connectivity index (χ4n) is 1.04. The predicted molar refractivity (Wildman–Crippen MR) is 65.6 cm³/mol. The van der Waals surface area contributed by atoms with Crippen LogP contribution in [-0.2, 0) is 0 Å². The summed E-state index contributed by atoms with van der Waals surface area (Å²) in [6.45, 7) is 0. The van der Waals surface area contributed by atoms with Crippen molar-refractivity contribution in [3.63, 3.8) is 0 Å². The van der Waals surface area contributed by atoms with Crippen molar-refractivity contribution in [2.24, 2.45) is 5.73 Å². The molecule has 0 spiro atoms. The molecule has 0 unspecified atom stereocenters. The van der Waals surface area contributed by atoms with Crippen LogP contribution < -0.4 is 32.9 Å². The second-order valence-electron chi connectivity index (χ2n) is 2.89. The van der Waals surface area contributed by atoms with Crippen molar-refractivity contribution in [2.45, 2.75) is 0 Å². The first-order chi connectivity index (χ1) is 7.22. The van der Waals surface area contributed by atoms with Gasteiger partial charge in [0.1, 0.15) is 5.75 Å². The molecule has 0 saturated carbocycles. The molecule has 1 aromatic rings. The molecule has 1 aromatic carbocycles. The monoisotopic (exact) mass is 302 g/mol. The number of nitrogens with two attached hydrogens (primary N) is 2. The Hall–Kier alpha value is -0.940.